The number of aliphatic hydroxyl groups is 1. The summed E-state index contributed by atoms with van der Waals surface area (Å²) < 4.78 is 24.5. The van der Waals surface area contributed by atoms with Crippen LogP contribution in [0.1, 0.15) is 0 Å². The Balaban J connectivity index is 1.67. The fourth-order valence-electron chi connectivity index (χ4n) is 3.01. The number of carbonyl (C=O) groups excluding carboxylic acids is 1. The number of rotatable bonds is 7. The number of piperazine rings is 1. The molecule has 0 aliphatic carbocycles. The first-order chi connectivity index (χ1) is 13.4. The number of nitrogens with zero attached hydrogens (tertiary/aromatic N) is 1. The maximum absolute atomic E-state index is 13.4. The second-order valence-corrected chi connectivity index (χ2v) is 6.98. The van der Waals surface area contributed by atoms with E-state index in [4.69, 9.17) is 21.1 Å². The fourth-order valence-corrected chi connectivity index (χ4v) is 3.19. The molecule has 28 heavy (non-hydrogen) atoms. The summed E-state index contributed by atoms with van der Waals surface area (Å²) >= 11 is 5.88. The molecule has 1 atom stereocenters. The van der Waals surface area contributed by atoms with Crippen LogP contribution in [0.15, 0.2) is 36.4 Å². The molecular weight excluding hydrogens is 387 g/mol. The molecule has 1 aliphatic rings. The molecule has 1 aliphatic heterocycles. The molecule has 1 heterocycles. The van der Waals surface area contributed by atoms with Crippen molar-refractivity contribution in [1.29, 1.82) is 0 Å². The molecule has 150 valence electrons. The molecule has 8 heteroatoms. The molecule has 0 radical (unpaired) electrons. The molecule has 2 N–H and O–H groups in total. The lowest BCUT2D eigenvalue weighted by molar-refractivity contribution is -0.124. The summed E-state index contributed by atoms with van der Waals surface area (Å²) in [6.45, 7) is 1.95. The first-order valence-corrected chi connectivity index (χ1v) is 9.27. The maximum Gasteiger partial charge on any atom is 0.234 e. The molecule has 0 aromatic heterocycles. The normalized spacial score (nSPS) is 15.8. The lowest BCUT2D eigenvalue weighted by atomic mass is 10.0. The molecule has 1 amide bonds. The molecule has 0 spiro atoms. The van der Waals surface area contributed by atoms with Gasteiger partial charge in [-0.25, -0.2) is 4.39 Å². The number of amides is 1. The van der Waals surface area contributed by atoms with Crippen molar-refractivity contribution in [3.63, 3.8) is 0 Å². The van der Waals surface area contributed by atoms with Crippen LogP contribution in [0, 0.1) is 5.82 Å². The van der Waals surface area contributed by atoms with Gasteiger partial charge in [-0.3, -0.25) is 9.69 Å². The summed E-state index contributed by atoms with van der Waals surface area (Å²) in [5, 5.41) is 13.0. The van der Waals surface area contributed by atoms with Crippen LogP contribution in [0.3, 0.4) is 0 Å². The van der Waals surface area contributed by atoms with Crippen LogP contribution in [0.2, 0.25) is 5.02 Å². The Bertz CT molecular complexity index is 849. The van der Waals surface area contributed by atoms with Crippen molar-refractivity contribution in [3.05, 3.63) is 47.2 Å². The minimum atomic E-state index is -0.749. The van der Waals surface area contributed by atoms with Crippen LogP contribution in [0.25, 0.3) is 11.1 Å². The molecule has 0 saturated carbocycles. The van der Waals surface area contributed by atoms with Gasteiger partial charge in [-0.05, 0) is 35.4 Å². The van der Waals surface area contributed by atoms with Gasteiger partial charge in [0.05, 0.1) is 18.7 Å². The first-order valence-electron chi connectivity index (χ1n) is 8.89. The van der Waals surface area contributed by atoms with Gasteiger partial charge >= 0.3 is 0 Å². The van der Waals surface area contributed by atoms with Crippen LogP contribution in [-0.2, 0) is 4.79 Å². The molecule has 2 aromatic carbocycles. The van der Waals surface area contributed by atoms with Crippen LogP contribution in [0.5, 0.6) is 11.5 Å². The summed E-state index contributed by atoms with van der Waals surface area (Å²) in [5.41, 5.74) is 1.47. The van der Waals surface area contributed by atoms with E-state index in [-0.39, 0.29) is 24.1 Å². The van der Waals surface area contributed by atoms with Gasteiger partial charge in [-0.1, -0.05) is 17.7 Å². The molecule has 3 rings (SSSR count). The van der Waals surface area contributed by atoms with E-state index in [2.05, 4.69) is 5.32 Å². The number of hydrogen-bond donors (Lipinski definition) is 2. The lowest BCUT2D eigenvalue weighted by Crippen LogP contribution is -2.50. The zero-order chi connectivity index (χ0) is 20.1. The van der Waals surface area contributed by atoms with Crippen molar-refractivity contribution in [1.82, 2.24) is 10.2 Å². The molecule has 2 aromatic rings. The third-order valence-electron chi connectivity index (χ3n) is 4.40. The Kier molecular flexibility index (Phi) is 6.72. The number of hydrogen-bond acceptors (Lipinski definition) is 5. The molecule has 6 nitrogen and oxygen atoms in total. The smallest absolute Gasteiger partial charge is 0.234 e. The number of carbonyl (C=O) groups is 1. The highest BCUT2D eigenvalue weighted by molar-refractivity contribution is 6.31. The van der Waals surface area contributed by atoms with Gasteiger partial charge in [0.2, 0.25) is 5.91 Å². The van der Waals surface area contributed by atoms with Crippen molar-refractivity contribution >= 4 is 17.5 Å². The predicted octanol–water partition coefficient (Wildman–Crippen LogP) is 2.33. The van der Waals surface area contributed by atoms with Crippen LogP contribution >= 0.6 is 11.6 Å². The highest BCUT2D eigenvalue weighted by atomic mass is 35.5. The number of methoxy groups -OCH3 is 1. The minimum Gasteiger partial charge on any atom is -0.497 e. The first kappa shape index (κ1) is 20.4. The third kappa shape index (κ3) is 5.34. The summed E-state index contributed by atoms with van der Waals surface area (Å²) in [6.07, 6.45) is -0.749. The lowest BCUT2D eigenvalue weighted by Gasteiger charge is -2.28. The third-order valence-corrected chi connectivity index (χ3v) is 4.69. The number of halogens is 2. The quantitative estimate of drug-likeness (QED) is 0.735. The average molecular weight is 409 g/mol. The Morgan fingerprint density at radius 1 is 1.25 bits per heavy atom. The highest BCUT2D eigenvalue weighted by Gasteiger charge is 2.19. The van der Waals surface area contributed by atoms with Crippen molar-refractivity contribution in [2.24, 2.45) is 0 Å². The molecule has 1 saturated heterocycles. The van der Waals surface area contributed by atoms with E-state index in [1.807, 2.05) is 4.90 Å². The van der Waals surface area contributed by atoms with Crippen molar-refractivity contribution in [3.8, 4) is 22.6 Å². The maximum atomic E-state index is 13.4. The van der Waals surface area contributed by atoms with Crippen LogP contribution in [0.4, 0.5) is 4.39 Å². The number of ether oxygens (including phenoxy) is 2. The van der Waals surface area contributed by atoms with E-state index >= 15 is 0 Å². The van der Waals surface area contributed by atoms with Gasteiger partial charge in [0.15, 0.2) is 0 Å². The second kappa shape index (κ2) is 9.23. The topological polar surface area (TPSA) is 71.0 Å². The SMILES string of the molecule is COc1cc(OCC(O)CN2CCNC(=O)C2)cc(-c2ccc(F)c(Cl)c2)c1. The minimum absolute atomic E-state index is 0.0313. The molecule has 1 unspecified atom stereocenters. The summed E-state index contributed by atoms with van der Waals surface area (Å²) in [4.78, 5) is 13.3. The van der Waals surface area contributed by atoms with E-state index < -0.39 is 11.9 Å². The fraction of sp³-hybridized carbons (Fsp3) is 0.350. The van der Waals surface area contributed by atoms with E-state index in [9.17, 15) is 14.3 Å². The van der Waals surface area contributed by atoms with Gasteiger partial charge in [0.25, 0.3) is 0 Å². The Morgan fingerprint density at radius 3 is 2.75 bits per heavy atom. The van der Waals surface area contributed by atoms with E-state index in [0.29, 0.717) is 31.1 Å². The number of benzene rings is 2. The molecule has 0 bridgehead atoms. The Hall–Kier alpha value is -2.35. The zero-order valence-corrected chi connectivity index (χ0v) is 16.2. The highest BCUT2D eigenvalue weighted by Crippen LogP contribution is 2.32. The monoisotopic (exact) mass is 408 g/mol. The van der Waals surface area contributed by atoms with Gasteiger partial charge in [-0.15, -0.1) is 0 Å². The number of β-amino-alcohol motifs (C(OH)–C–C–N with tert-alkyl or cyclic N) is 1. The summed E-state index contributed by atoms with van der Waals surface area (Å²) in [5.74, 6) is 0.537. The van der Waals surface area contributed by atoms with Crippen molar-refractivity contribution in [2.45, 2.75) is 6.10 Å². The number of nitrogens with one attached hydrogen (secondary N) is 1. The average Bonchev–Trinajstić information content (AvgIpc) is 2.68. The summed E-state index contributed by atoms with van der Waals surface area (Å²) in [6, 6.07) is 9.72. The second-order valence-electron chi connectivity index (χ2n) is 6.58. The van der Waals surface area contributed by atoms with Crippen molar-refractivity contribution < 1.29 is 23.8 Å². The Labute approximate surface area is 167 Å². The van der Waals surface area contributed by atoms with Crippen molar-refractivity contribution in [2.75, 3.05) is 39.9 Å². The standard InChI is InChI=1S/C20H22ClFN2O4/c1-27-16-6-14(13-2-3-19(22)18(21)8-13)7-17(9-16)28-12-15(25)10-24-5-4-23-20(26)11-24/h2-3,6-9,15,25H,4-5,10-12H2,1H3,(H,23,26). The van der Waals surface area contributed by atoms with Gasteiger partial charge in [-0.2, -0.15) is 0 Å². The van der Waals surface area contributed by atoms with Crippen LogP contribution < -0.4 is 14.8 Å². The summed E-state index contributed by atoms with van der Waals surface area (Å²) in [7, 11) is 1.54. The van der Waals surface area contributed by atoms with Gasteiger partial charge in [0, 0.05) is 25.7 Å². The predicted molar refractivity (Wildman–Crippen MR) is 104 cm³/mol. The van der Waals surface area contributed by atoms with Crippen LogP contribution in [-0.4, -0.2) is 61.9 Å². The molecular formula is C20H22ClFN2O4. The number of aliphatic hydroxyl groups excluding tert-OH is 1. The van der Waals surface area contributed by atoms with E-state index in [0.717, 1.165) is 11.1 Å². The van der Waals surface area contributed by atoms with E-state index in [1.165, 1.54) is 19.2 Å². The van der Waals surface area contributed by atoms with Gasteiger partial charge < -0.3 is 19.9 Å². The largest absolute Gasteiger partial charge is 0.497 e. The van der Waals surface area contributed by atoms with E-state index in [1.54, 1.807) is 24.3 Å². The zero-order valence-electron chi connectivity index (χ0n) is 15.5. The Morgan fingerprint density at radius 2 is 2.04 bits per heavy atom. The molecule has 1 fully saturated rings. The van der Waals surface area contributed by atoms with Gasteiger partial charge in [0.1, 0.15) is 30.0 Å².